The molecule has 1 saturated carbocycles. The first-order valence-corrected chi connectivity index (χ1v) is 7.23. The predicted octanol–water partition coefficient (Wildman–Crippen LogP) is 0.932. The van der Waals surface area contributed by atoms with Gasteiger partial charge >= 0.3 is 0 Å². The molecule has 0 aliphatic heterocycles. The second-order valence-corrected chi connectivity index (χ2v) is 5.26. The lowest BCUT2D eigenvalue weighted by Crippen LogP contribution is -2.48. The highest BCUT2D eigenvalue weighted by Gasteiger charge is 2.26. The number of carbonyl (C=O) groups excluding carboxylic acids is 1. The van der Waals surface area contributed by atoms with E-state index < -0.39 is 0 Å². The van der Waals surface area contributed by atoms with Crippen LogP contribution in [0.3, 0.4) is 0 Å². The second kappa shape index (κ2) is 6.65. The van der Waals surface area contributed by atoms with Gasteiger partial charge in [0.2, 0.25) is 0 Å². The van der Waals surface area contributed by atoms with E-state index in [9.17, 15) is 4.79 Å². The number of aromatic nitrogens is 2. The van der Waals surface area contributed by atoms with E-state index in [1.165, 1.54) is 12.8 Å². The van der Waals surface area contributed by atoms with Crippen LogP contribution in [0.2, 0.25) is 0 Å². The number of hydrogen-bond acceptors (Lipinski definition) is 5. The number of likely N-dealkylation sites (N-methyl/N-ethyl adjacent to an activating group) is 1. The van der Waals surface area contributed by atoms with E-state index in [0.717, 1.165) is 18.7 Å². The summed E-state index contributed by atoms with van der Waals surface area (Å²) in [6.07, 6.45) is 4.54. The number of hydrogen-bond donors (Lipinski definition) is 2. The summed E-state index contributed by atoms with van der Waals surface area (Å²) in [5.41, 5.74) is 6.53. The summed E-state index contributed by atoms with van der Waals surface area (Å²) in [5.74, 6) is 0.573. The topological polar surface area (TPSA) is 84.1 Å². The van der Waals surface area contributed by atoms with Crippen LogP contribution in [0.4, 0.5) is 5.82 Å². The van der Waals surface area contributed by atoms with Crippen LogP contribution in [0.15, 0.2) is 12.1 Å². The van der Waals surface area contributed by atoms with Crippen LogP contribution < -0.4 is 16.0 Å². The molecule has 1 aromatic rings. The first-order chi connectivity index (χ1) is 9.63. The maximum absolute atomic E-state index is 11.6. The maximum Gasteiger partial charge on any atom is 0.271 e. The third-order valence-corrected chi connectivity index (χ3v) is 3.86. The molecule has 0 bridgehead atoms. The number of nitrogens with zero attached hydrogens (tertiary/aromatic N) is 3. The van der Waals surface area contributed by atoms with Gasteiger partial charge in [0.15, 0.2) is 11.5 Å². The SMILES string of the molecule is CCNC(=O)c1ccc(N(C)C2CCCCC2N)nn1. The van der Waals surface area contributed by atoms with Crippen molar-refractivity contribution in [3.8, 4) is 0 Å². The number of amides is 1. The molecule has 2 rings (SSSR count). The minimum absolute atomic E-state index is 0.179. The Morgan fingerprint density at radius 2 is 2.15 bits per heavy atom. The number of carbonyl (C=O) groups is 1. The van der Waals surface area contributed by atoms with Gasteiger partial charge in [0.05, 0.1) is 0 Å². The summed E-state index contributed by atoms with van der Waals surface area (Å²) >= 11 is 0. The van der Waals surface area contributed by atoms with Gasteiger partial charge in [-0.05, 0) is 31.9 Å². The van der Waals surface area contributed by atoms with E-state index in [1.54, 1.807) is 6.07 Å². The Morgan fingerprint density at radius 1 is 1.40 bits per heavy atom. The molecule has 3 N–H and O–H groups in total. The molecule has 0 spiro atoms. The molecular formula is C14H23N5O. The van der Waals surface area contributed by atoms with E-state index in [4.69, 9.17) is 5.73 Å². The van der Waals surface area contributed by atoms with Crippen molar-refractivity contribution in [2.24, 2.45) is 5.73 Å². The molecule has 1 aliphatic carbocycles. The highest BCUT2D eigenvalue weighted by molar-refractivity contribution is 5.92. The molecule has 2 unspecified atom stereocenters. The lowest BCUT2D eigenvalue weighted by atomic mass is 9.90. The largest absolute Gasteiger partial charge is 0.354 e. The van der Waals surface area contributed by atoms with Crippen LogP contribution in [-0.4, -0.2) is 41.8 Å². The van der Waals surface area contributed by atoms with Crippen molar-refractivity contribution >= 4 is 11.7 Å². The summed E-state index contributed by atoms with van der Waals surface area (Å²) in [4.78, 5) is 13.7. The van der Waals surface area contributed by atoms with Gasteiger partial charge < -0.3 is 16.0 Å². The zero-order chi connectivity index (χ0) is 14.5. The van der Waals surface area contributed by atoms with Crippen LogP contribution in [0, 0.1) is 0 Å². The normalized spacial score (nSPS) is 22.4. The highest BCUT2D eigenvalue weighted by atomic mass is 16.1. The van der Waals surface area contributed by atoms with Crippen LogP contribution in [0.25, 0.3) is 0 Å². The fourth-order valence-corrected chi connectivity index (χ4v) is 2.68. The summed E-state index contributed by atoms with van der Waals surface area (Å²) in [5, 5.41) is 10.9. The standard InChI is InChI=1S/C14H23N5O/c1-3-16-14(20)11-8-9-13(18-17-11)19(2)12-7-5-4-6-10(12)15/h8-10,12H,3-7,15H2,1-2H3,(H,16,20). The number of anilines is 1. The molecule has 0 aromatic carbocycles. The second-order valence-electron chi connectivity index (χ2n) is 5.26. The van der Waals surface area contributed by atoms with Crippen molar-refractivity contribution in [1.29, 1.82) is 0 Å². The first-order valence-electron chi connectivity index (χ1n) is 7.23. The van der Waals surface area contributed by atoms with Crippen LogP contribution in [0.1, 0.15) is 43.1 Å². The molecule has 6 heteroatoms. The van der Waals surface area contributed by atoms with Gasteiger partial charge in [-0.25, -0.2) is 0 Å². The van der Waals surface area contributed by atoms with E-state index in [2.05, 4.69) is 20.4 Å². The number of rotatable bonds is 4. The third kappa shape index (κ3) is 3.25. The molecular weight excluding hydrogens is 254 g/mol. The molecule has 0 radical (unpaired) electrons. The van der Waals surface area contributed by atoms with Crippen LogP contribution in [-0.2, 0) is 0 Å². The Kier molecular flexibility index (Phi) is 4.89. The third-order valence-electron chi connectivity index (χ3n) is 3.86. The van der Waals surface area contributed by atoms with E-state index >= 15 is 0 Å². The molecule has 1 aliphatic rings. The first kappa shape index (κ1) is 14.7. The van der Waals surface area contributed by atoms with Crippen LogP contribution in [0.5, 0.6) is 0 Å². The Labute approximate surface area is 119 Å². The molecule has 0 saturated heterocycles. The van der Waals surface area contributed by atoms with Gasteiger partial charge in [-0.3, -0.25) is 4.79 Å². The highest BCUT2D eigenvalue weighted by Crippen LogP contribution is 2.24. The molecule has 20 heavy (non-hydrogen) atoms. The van der Waals surface area contributed by atoms with Gasteiger partial charge in [0.25, 0.3) is 5.91 Å². The zero-order valence-electron chi connectivity index (χ0n) is 12.2. The molecule has 6 nitrogen and oxygen atoms in total. The van der Waals surface area contributed by atoms with Gasteiger partial charge in [-0.2, -0.15) is 0 Å². The van der Waals surface area contributed by atoms with E-state index in [1.807, 2.05) is 20.0 Å². The minimum Gasteiger partial charge on any atom is -0.354 e. The number of nitrogens with two attached hydrogens (primary N) is 1. The van der Waals surface area contributed by atoms with Gasteiger partial charge in [0.1, 0.15) is 0 Å². The van der Waals surface area contributed by atoms with Gasteiger partial charge in [-0.15, -0.1) is 10.2 Å². The summed E-state index contributed by atoms with van der Waals surface area (Å²) in [6.45, 7) is 2.46. The Bertz CT molecular complexity index is 447. The monoisotopic (exact) mass is 277 g/mol. The van der Waals surface area contributed by atoms with Crippen molar-refractivity contribution in [3.63, 3.8) is 0 Å². The minimum atomic E-state index is -0.191. The molecule has 1 heterocycles. The Morgan fingerprint density at radius 3 is 2.75 bits per heavy atom. The van der Waals surface area contributed by atoms with Gasteiger partial charge in [-0.1, -0.05) is 12.8 Å². The lowest BCUT2D eigenvalue weighted by Gasteiger charge is -2.36. The Hall–Kier alpha value is -1.69. The summed E-state index contributed by atoms with van der Waals surface area (Å²) in [7, 11) is 1.99. The van der Waals surface area contributed by atoms with Crippen LogP contribution >= 0.6 is 0 Å². The molecule has 110 valence electrons. The molecule has 2 atom stereocenters. The van der Waals surface area contributed by atoms with Crippen molar-refractivity contribution < 1.29 is 4.79 Å². The Balaban J connectivity index is 2.07. The lowest BCUT2D eigenvalue weighted by molar-refractivity contribution is 0.0950. The van der Waals surface area contributed by atoms with Crippen molar-refractivity contribution in [1.82, 2.24) is 15.5 Å². The fourth-order valence-electron chi connectivity index (χ4n) is 2.68. The molecule has 1 amide bonds. The van der Waals surface area contributed by atoms with E-state index in [0.29, 0.717) is 18.3 Å². The fraction of sp³-hybridized carbons (Fsp3) is 0.643. The van der Waals surface area contributed by atoms with Crippen molar-refractivity contribution in [2.75, 3.05) is 18.5 Å². The molecule has 1 aromatic heterocycles. The predicted molar refractivity (Wildman–Crippen MR) is 78.7 cm³/mol. The summed E-state index contributed by atoms with van der Waals surface area (Å²) < 4.78 is 0. The maximum atomic E-state index is 11.6. The van der Waals surface area contributed by atoms with Crippen molar-refractivity contribution in [3.05, 3.63) is 17.8 Å². The molecule has 1 fully saturated rings. The average molecular weight is 277 g/mol. The quantitative estimate of drug-likeness (QED) is 0.855. The average Bonchev–Trinajstić information content (AvgIpc) is 2.47. The number of nitrogens with one attached hydrogen (secondary N) is 1. The smallest absolute Gasteiger partial charge is 0.271 e. The zero-order valence-corrected chi connectivity index (χ0v) is 12.2. The summed E-state index contributed by atoms with van der Waals surface area (Å²) in [6, 6.07) is 4.02. The van der Waals surface area contributed by atoms with Crippen molar-refractivity contribution in [2.45, 2.75) is 44.7 Å². The van der Waals surface area contributed by atoms with Gasteiger partial charge in [0, 0.05) is 25.7 Å². The van der Waals surface area contributed by atoms with E-state index in [-0.39, 0.29) is 11.9 Å².